The summed E-state index contributed by atoms with van der Waals surface area (Å²) in [5, 5.41) is 0. The molecule has 0 aromatic heterocycles. The molecule has 0 unspecified atom stereocenters. The van der Waals surface area contributed by atoms with E-state index in [1.165, 1.54) is 51.4 Å². The topological polar surface area (TPSA) is 0 Å². The molecule has 0 heterocycles. The van der Waals surface area contributed by atoms with Crippen molar-refractivity contribution in [1.82, 2.24) is 0 Å². The minimum atomic E-state index is 0. The molecule has 0 aromatic rings. The Morgan fingerprint density at radius 1 is 0.240 bits per heavy atom. The van der Waals surface area contributed by atoms with Crippen molar-refractivity contribution in [2.75, 3.05) is 0 Å². The van der Waals surface area contributed by atoms with Crippen LogP contribution in [-0.4, -0.2) is 0 Å². The molecule has 180 valence electrons. The second kappa shape index (κ2) is 198. The zero-order valence-electron chi connectivity index (χ0n) is 9.66. The van der Waals surface area contributed by atoms with E-state index >= 15 is 0 Å². The van der Waals surface area contributed by atoms with Crippen LogP contribution in [0.5, 0.6) is 0 Å². The first-order valence-electron chi connectivity index (χ1n) is 5.83. The summed E-state index contributed by atoms with van der Waals surface area (Å²) >= 11 is 0. The Balaban J connectivity index is -0.00000000405. The van der Waals surface area contributed by atoms with Gasteiger partial charge in [0.15, 0.2) is 0 Å². The number of hydrogen-bond donors (Lipinski definition) is 0. The first kappa shape index (κ1) is 144. The molecule has 0 nitrogen and oxygen atoms in total. The summed E-state index contributed by atoms with van der Waals surface area (Å²) in [5.74, 6) is 0. The lowest BCUT2D eigenvalue weighted by atomic mass is 10.2. The molecule has 0 saturated heterocycles. The smallest absolute Gasteiger partial charge is 0.0536 e. The van der Waals surface area contributed by atoms with Crippen molar-refractivity contribution in [3.8, 4) is 0 Å². The third kappa shape index (κ3) is 323. The average Bonchev–Trinajstić information content (AvgIpc) is 2.12. The van der Waals surface area contributed by atoms with Gasteiger partial charge >= 0.3 is 0 Å². The normalized spacial score (nSPS) is 4.32. The van der Waals surface area contributed by atoms with Crippen LogP contribution in [0, 0.1) is 0 Å². The highest BCUT2D eigenvalue weighted by atomic mass is 13.8. The van der Waals surface area contributed by atoms with Gasteiger partial charge < -0.3 is 0 Å². The Bertz CT molecular complexity index is 32.0. The summed E-state index contributed by atoms with van der Waals surface area (Å²) in [5.41, 5.74) is 0. The van der Waals surface area contributed by atoms with Gasteiger partial charge in [0.25, 0.3) is 0 Å². The minimum absolute atomic E-state index is 0. The number of rotatable bonds is 6. The standard InChI is InChI=1S/2C6H14.13CH4/c2*1-3-5-6-4-2;;;;;;;;;;;;;/h2*3-6H2,1-2H3;13*1H4. The van der Waals surface area contributed by atoms with Crippen molar-refractivity contribution in [2.45, 2.75) is 176 Å². The van der Waals surface area contributed by atoms with Crippen molar-refractivity contribution in [2.24, 2.45) is 0 Å². The molecule has 0 spiro atoms. The molecule has 0 aliphatic carbocycles. The number of hydrogen-bond acceptors (Lipinski definition) is 0. The van der Waals surface area contributed by atoms with E-state index in [1.807, 2.05) is 0 Å². The summed E-state index contributed by atoms with van der Waals surface area (Å²) in [6.45, 7) is 8.93. The first-order chi connectivity index (χ1) is 5.83. The molecule has 0 amide bonds. The maximum atomic E-state index is 2.23. The van der Waals surface area contributed by atoms with E-state index in [2.05, 4.69) is 27.7 Å². The van der Waals surface area contributed by atoms with Gasteiger partial charge in [0.05, 0.1) is 0 Å². The van der Waals surface area contributed by atoms with Crippen LogP contribution in [0.2, 0.25) is 0 Å². The van der Waals surface area contributed by atoms with Crippen LogP contribution in [0.4, 0.5) is 0 Å². The molecule has 0 radical (unpaired) electrons. The Morgan fingerprint density at radius 3 is 0.360 bits per heavy atom. The molecule has 0 rings (SSSR count). The third-order valence-electron chi connectivity index (χ3n) is 1.91. The highest BCUT2D eigenvalue weighted by molar-refractivity contribution is 4.31. The SMILES string of the molecule is C.C.C.C.C.C.C.C.C.C.C.C.C.CCCCCC.CCCCCC. The van der Waals surface area contributed by atoms with Gasteiger partial charge in [-0.1, -0.05) is 176 Å². The summed E-state index contributed by atoms with van der Waals surface area (Å²) in [6, 6.07) is 0. The molecule has 0 saturated carbocycles. The summed E-state index contributed by atoms with van der Waals surface area (Å²) in [6.07, 6.45) is 11.1. The van der Waals surface area contributed by atoms with Crippen LogP contribution >= 0.6 is 0 Å². The third-order valence-corrected chi connectivity index (χ3v) is 1.91. The first-order valence-corrected chi connectivity index (χ1v) is 5.83. The van der Waals surface area contributed by atoms with Gasteiger partial charge in [0, 0.05) is 0 Å². The van der Waals surface area contributed by atoms with Gasteiger partial charge in [-0.15, -0.1) is 0 Å². The highest BCUT2D eigenvalue weighted by Gasteiger charge is 1.75. The van der Waals surface area contributed by atoms with Gasteiger partial charge in [0.2, 0.25) is 0 Å². The predicted octanol–water partition coefficient (Wildman–Crippen LogP) is 13.4. The van der Waals surface area contributed by atoms with E-state index < -0.39 is 0 Å². The molecule has 0 heteroatoms. The predicted molar refractivity (Wildman–Crippen MR) is 147 cm³/mol. The largest absolute Gasteiger partial charge is 0.0776 e. The van der Waals surface area contributed by atoms with Crippen LogP contribution in [0.1, 0.15) is 176 Å². The lowest BCUT2D eigenvalue weighted by Gasteiger charge is -1.86. The van der Waals surface area contributed by atoms with Crippen molar-refractivity contribution in [3.63, 3.8) is 0 Å². The molecule has 25 heavy (non-hydrogen) atoms. The van der Waals surface area contributed by atoms with Crippen LogP contribution in [-0.2, 0) is 0 Å². The van der Waals surface area contributed by atoms with E-state index in [0.29, 0.717) is 0 Å². The van der Waals surface area contributed by atoms with E-state index in [0.717, 1.165) is 0 Å². The second-order valence-electron chi connectivity index (χ2n) is 3.41. The lowest BCUT2D eigenvalue weighted by Crippen LogP contribution is -1.66. The quantitative estimate of drug-likeness (QED) is 0.402. The van der Waals surface area contributed by atoms with E-state index in [-0.39, 0.29) is 96.5 Å². The summed E-state index contributed by atoms with van der Waals surface area (Å²) < 4.78 is 0. The molecule has 0 aliphatic heterocycles. The van der Waals surface area contributed by atoms with Gasteiger partial charge in [-0.05, 0) is 0 Å². The van der Waals surface area contributed by atoms with Gasteiger partial charge in [-0.25, -0.2) is 0 Å². The molecule has 0 N–H and O–H groups in total. The monoisotopic (exact) mass is 381 g/mol. The van der Waals surface area contributed by atoms with Crippen molar-refractivity contribution in [3.05, 3.63) is 0 Å². The van der Waals surface area contributed by atoms with Gasteiger partial charge in [-0.3, -0.25) is 0 Å². The number of unbranched alkanes of at least 4 members (excludes halogenated alkanes) is 6. The zero-order chi connectivity index (χ0) is 9.66. The van der Waals surface area contributed by atoms with Crippen LogP contribution in [0.3, 0.4) is 0 Å². The fourth-order valence-electron chi connectivity index (χ4n) is 1.000. The Hall–Kier alpha value is 0. The molecule has 0 bridgehead atoms. The summed E-state index contributed by atoms with van der Waals surface area (Å²) in [4.78, 5) is 0. The fourth-order valence-corrected chi connectivity index (χ4v) is 1.000. The average molecular weight is 381 g/mol. The fraction of sp³-hybridized carbons (Fsp3) is 1.00. The van der Waals surface area contributed by atoms with E-state index in [4.69, 9.17) is 0 Å². The molecular weight excluding hydrogens is 300 g/mol. The molecule has 0 aliphatic rings. The van der Waals surface area contributed by atoms with Gasteiger partial charge in [-0.2, -0.15) is 0 Å². The van der Waals surface area contributed by atoms with Gasteiger partial charge in [0.1, 0.15) is 0 Å². The van der Waals surface area contributed by atoms with Crippen molar-refractivity contribution >= 4 is 0 Å². The summed E-state index contributed by atoms with van der Waals surface area (Å²) in [7, 11) is 0. The Kier molecular flexibility index (Phi) is 1140. The van der Waals surface area contributed by atoms with Crippen LogP contribution in [0.25, 0.3) is 0 Å². The zero-order valence-corrected chi connectivity index (χ0v) is 9.66. The van der Waals surface area contributed by atoms with Crippen LogP contribution < -0.4 is 0 Å². The Labute approximate surface area is 176 Å². The molecule has 0 aromatic carbocycles. The Morgan fingerprint density at radius 2 is 0.320 bits per heavy atom. The second-order valence-corrected chi connectivity index (χ2v) is 3.41. The minimum Gasteiger partial charge on any atom is -0.0776 e. The van der Waals surface area contributed by atoms with Crippen LogP contribution in [0.15, 0.2) is 0 Å². The van der Waals surface area contributed by atoms with Crippen molar-refractivity contribution in [1.29, 1.82) is 0 Å². The lowest BCUT2D eigenvalue weighted by molar-refractivity contribution is 0.702. The van der Waals surface area contributed by atoms with E-state index in [9.17, 15) is 0 Å². The molecular formula is C25H80. The van der Waals surface area contributed by atoms with E-state index in [1.54, 1.807) is 0 Å². The maximum absolute atomic E-state index is 2.23. The highest BCUT2D eigenvalue weighted by Crippen LogP contribution is 1.95. The van der Waals surface area contributed by atoms with Crippen molar-refractivity contribution < 1.29 is 0 Å². The molecule has 0 fully saturated rings. The maximum Gasteiger partial charge on any atom is -0.0536 e. The molecule has 0 atom stereocenters.